The van der Waals surface area contributed by atoms with Crippen LogP contribution in [0.1, 0.15) is 47.8 Å². The molecule has 1 aromatic carbocycles. The second kappa shape index (κ2) is 7.68. The molecule has 0 radical (unpaired) electrons. The normalized spacial score (nSPS) is 14.6. The smallest absolute Gasteiger partial charge is 0.338 e. The Hall–Kier alpha value is -2.37. The third-order valence-electron chi connectivity index (χ3n) is 4.36. The van der Waals surface area contributed by atoms with Gasteiger partial charge in [0.1, 0.15) is 0 Å². The summed E-state index contributed by atoms with van der Waals surface area (Å²) < 4.78 is 15.4. The summed E-state index contributed by atoms with van der Waals surface area (Å²) in [6.45, 7) is 7.59. The van der Waals surface area contributed by atoms with Gasteiger partial charge in [-0.25, -0.2) is 4.79 Å². The van der Waals surface area contributed by atoms with Crippen LogP contribution in [0.2, 0.25) is 0 Å². The van der Waals surface area contributed by atoms with E-state index in [1.54, 1.807) is 33.8 Å². The van der Waals surface area contributed by atoms with Crippen molar-refractivity contribution in [3.63, 3.8) is 0 Å². The van der Waals surface area contributed by atoms with Crippen molar-refractivity contribution < 1.29 is 28.6 Å². The first-order chi connectivity index (χ1) is 11.9. The standard InChI is InChI=1S/C19H24O6/c1-5-23-16(20)15-9-14-11-19(17(21)24-6-2,18(22)25-7-3)10-13(14)8-12(15)4/h8-9H,5-7,10-11H2,1-4H3. The van der Waals surface area contributed by atoms with E-state index in [9.17, 15) is 14.4 Å². The lowest BCUT2D eigenvalue weighted by molar-refractivity contribution is -0.171. The van der Waals surface area contributed by atoms with E-state index in [2.05, 4.69) is 0 Å². The molecule has 0 unspecified atom stereocenters. The van der Waals surface area contributed by atoms with Crippen LogP contribution >= 0.6 is 0 Å². The van der Waals surface area contributed by atoms with E-state index in [0.717, 1.165) is 16.7 Å². The molecule has 2 rings (SSSR count). The molecule has 0 amide bonds. The van der Waals surface area contributed by atoms with Crippen molar-refractivity contribution in [1.82, 2.24) is 0 Å². The fourth-order valence-corrected chi connectivity index (χ4v) is 3.19. The minimum absolute atomic E-state index is 0.159. The van der Waals surface area contributed by atoms with Gasteiger partial charge in [0.15, 0.2) is 5.41 Å². The molecule has 0 spiro atoms. The molecule has 0 saturated heterocycles. The number of hydrogen-bond acceptors (Lipinski definition) is 6. The lowest BCUT2D eigenvalue weighted by atomic mass is 9.84. The lowest BCUT2D eigenvalue weighted by Gasteiger charge is -2.23. The fourth-order valence-electron chi connectivity index (χ4n) is 3.19. The highest BCUT2D eigenvalue weighted by molar-refractivity contribution is 6.02. The average molecular weight is 348 g/mol. The number of carbonyl (C=O) groups excluding carboxylic acids is 3. The molecule has 136 valence electrons. The van der Waals surface area contributed by atoms with Crippen LogP contribution in [0.5, 0.6) is 0 Å². The first kappa shape index (κ1) is 19.0. The minimum atomic E-state index is -1.38. The highest BCUT2D eigenvalue weighted by Gasteiger charge is 2.53. The predicted octanol–water partition coefficient (Wildman–Crippen LogP) is 2.38. The Labute approximate surface area is 147 Å². The molecule has 0 N–H and O–H groups in total. The zero-order chi connectivity index (χ0) is 18.6. The van der Waals surface area contributed by atoms with E-state index in [1.165, 1.54) is 0 Å². The molecule has 0 heterocycles. The number of carbonyl (C=O) groups is 3. The monoisotopic (exact) mass is 348 g/mol. The molecule has 1 aliphatic carbocycles. The predicted molar refractivity (Wildman–Crippen MR) is 90.2 cm³/mol. The van der Waals surface area contributed by atoms with Gasteiger partial charge in [-0.3, -0.25) is 9.59 Å². The van der Waals surface area contributed by atoms with Gasteiger partial charge in [0.25, 0.3) is 0 Å². The molecule has 1 aliphatic rings. The highest BCUT2D eigenvalue weighted by Crippen LogP contribution is 2.40. The summed E-state index contributed by atoms with van der Waals surface area (Å²) in [6, 6.07) is 3.55. The maximum Gasteiger partial charge on any atom is 0.338 e. The van der Waals surface area contributed by atoms with Gasteiger partial charge in [-0.05, 0) is 63.3 Å². The maximum absolute atomic E-state index is 12.5. The summed E-state index contributed by atoms with van der Waals surface area (Å²) in [5, 5.41) is 0. The summed E-state index contributed by atoms with van der Waals surface area (Å²) in [6.07, 6.45) is 0.372. The Kier molecular flexibility index (Phi) is 5.82. The van der Waals surface area contributed by atoms with Crippen LogP contribution in [0.4, 0.5) is 0 Å². The van der Waals surface area contributed by atoms with Gasteiger partial charge >= 0.3 is 17.9 Å². The molecule has 0 bridgehead atoms. The van der Waals surface area contributed by atoms with Crippen molar-refractivity contribution in [2.75, 3.05) is 19.8 Å². The van der Waals surface area contributed by atoms with Crippen molar-refractivity contribution in [3.8, 4) is 0 Å². The maximum atomic E-state index is 12.5. The molecule has 0 atom stereocenters. The van der Waals surface area contributed by atoms with Crippen molar-refractivity contribution in [3.05, 3.63) is 34.4 Å². The van der Waals surface area contributed by atoms with E-state index in [4.69, 9.17) is 14.2 Å². The van der Waals surface area contributed by atoms with Crippen LogP contribution < -0.4 is 0 Å². The van der Waals surface area contributed by atoms with Gasteiger partial charge in [0, 0.05) is 0 Å². The van der Waals surface area contributed by atoms with Crippen molar-refractivity contribution in [2.45, 2.75) is 40.5 Å². The van der Waals surface area contributed by atoms with Crippen molar-refractivity contribution in [1.29, 1.82) is 0 Å². The number of rotatable bonds is 6. The fraction of sp³-hybridized carbons (Fsp3) is 0.526. The minimum Gasteiger partial charge on any atom is -0.465 e. The zero-order valence-electron chi connectivity index (χ0n) is 15.1. The number of fused-ring (bicyclic) bond motifs is 1. The Morgan fingerprint density at radius 2 is 1.36 bits per heavy atom. The Morgan fingerprint density at radius 3 is 1.84 bits per heavy atom. The van der Waals surface area contributed by atoms with Crippen LogP contribution in [0, 0.1) is 12.3 Å². The molecule has 0 aliphatic heterocycles. The van der Waals surface area contributed by atoms with E-state index in [-0.39, 0.29) is 32.7 Å². The van der Waals surface area contributed by atoms with Gasteiger partial charge in [-0.1, -0.05) is 6.07 Å². The van der Waals surface area contributed by atoms with E-state index in [1.807, 2.05) is 6.07 Å². The Bertz CT molecular complexity index is 673. The topological polar surface area (TPSA) is 78.9 Å². The van der Waals surface area contributed by atoms with Crippen molar-refractivity contribution in [2.24, 2.45) is 5.41 Å². The molecular weight excluding hydrogens is 324 g/mol. The van der Waals surface area contributed by atoms with E-state index < -0.39 is 23.3 Å². The van der Waals surface area contributed by atoms with Crippen molar-refractivity contribution >= 4 is 17.9 Å². The highest BCUT2D eigenvalue weighted by atomic mass is 16.6. The second-order valence-electron chi connectivity index (χ2n) is 6.03. The average Bonchev–Trinajstić information content (AvgIpc) is 2.94. The van der Waals surface area contributed by atoms with Crippen LogP contribution in [0.3, 0.4) is 0 Å². The summed E-state index contributed by atoms with van der Waals surface area (Å²) >= 11 is 0. The molecule has 0 fully saturated rings. The molecule has 25 heavy (non-hydrogen) atoms. The van der Waals surface area contributed by atoms with Gasteiger partial charge in [0.05, 0.1) is 25.4 Å². The molecule has 6 heteroatoms. The lowest BCUT2D eigenvalue weighted by Crippen LogP contribution is -2.43. The van der Waals surface area contributed by atoms with Gasteiger partial charge < -0.3 is 14.2 Å². The van der Waals surface area contributed by atoms with Crippen LogP contribution in [0.15, 0.2) is 12.1 Å². The molecule has 0 aromatic heterocycles. The quantitative estimate of drug-likeness (QED) is 0.446. The summed E-state index contributed by atoms with van der Waals surface area (Å²) in [4.78, 5) is 37.2. The van der Waals surface area contributed by atoms with E-state index >= 15 is 0 Å². The number of aryl methyl sites for hydroxylation is 1. The molecule has 6 nitrogen and oxygen atoms in total. The molecule has 1 aromatic rings. The van der Waals surface area contributed by atoms with E-state index in [0.29, 0.717) is 5.56 Å². The SMILES string of the molecule is CCOC(=O)c1cc2c(cc1C)CC(C(=O)OCC)(C(=O)OCC)C2. The van der Waals surface area contributed by atoms with Crippen LogP contribution in [0.25, 0.3) is 0 Å². The number of esters is 3. The largest absolute Gasteiger partial charge is 0.465 e. The summed E-state index contributed by atoms with van der Waals surface area (Å²) in [5.41, 5.74) is 1.44. The summed E-state index contributed by atoms with van der Waals surface area (Å²) in [5.74, 6) is -1.58. The number of ether oxygens (including phenoxy) is 3. The zero-order valence-corrected chi connectivity index (χ0v) is 15.1. The van der Waals surface area contributed by atoms with Gasteiger partial charge in [0.2, 0.25) is 0 Å². The third kappa shape index (κ3) is 3.52. The molecule has 0 saturated carbocycles. The Balaban J connectivity index is 2.42. The molecular formula is C19H24O6. The van der Waals surface area contributed by atoms with Gasteiger partial charge in [-0.2, -0.15) is 0 Å². The van der Waals surface area contributed by atoms with Gasteiger partial charge in [-0.15, -0.1) is 0 Å². The number of benzene rings is 1. The number of hydrogen-bond donors (Lipinski definition) is 0. The first-order valence-corrected chi connectivity index (χ1v) is 8.53. The van der Waals surface area contributed by atoms with Crippen LogP contribution in [-0.4, -0.2) is 37.7 Å². The second-order valence-corrected chi connectivity index (χ2v) is 6.03. The first-order valence-electron chi connectivity index (χ1n) is 8.53. The Morgan fingerprint density at radius 1 is 0.880 bits per heavy atom. The third-order valence-corrected chi connectivity index (χ3v) is 4.36. The van der Waals surface area contributed by atoms with Crippen LogP contribution in [-0.2, 0) is 36.6 Å². The summed E-state index contributed by atoms with van der Waals surface area (Å²) in [7, 11) is 0.